The first-order chi connectivity index (χ1) is 9.36. The molecule has 1 aromatic heterocycles. The Morgan fingerprint density at radius 1 is 1.42 bits per heavy atom. The first kappa shape index (κ1) is 12.4. The molecule has 2 atom stereocenters. The zero-order valence-electron chi connectivity index (χ0n) is 11.1. The molecular formula is C16H20N2O. The lowest BCUT2D eigenvalue weighted by Gasteiger charge is -2.36. The second kappa shape index (κ2) is 5.57. The first-order valence-electron chi connectivity index (χ1n) is 7.02. The highest BCUT2D eigenvalue weighted by atomic mass is 16.5. The summed E-state index contributed by atoms with van der Waals surface area (Å²) < 4.78 is 5.30. The van der Waals surface area contributed by atoms with Gasteiger partial charge in [-0.3, -0.25) is 4.98 Å². The molecule has 1 saturated heterocycles. The number of piperidine rings is 1. The highest BCUT2D eigenvalue weighted by molar-refractivity contribution is 5.67. The summed E-state index contributed by atoms with van der Waals surface area (Å²) in [7, 11) is 0. The van der Waals surface area contributed by atoms with Gasteiger partial charge in [-0.25, -0.2) is 0 Å². The van der Waals surface area contributed by atoms with E-state index >= 15 is 0 Å². The molecule has 1 aliphatic carbocycles. The van der Waals surface area contributed by atoms with Gasteiger partial charge in [0, 0.05) is 12.2 Å². The zero-order chi connectivity index (χ0) is 13.1. The standard InChI is InChI=1S/C16H20N2O/c1-2-19-15-8-14(10-17-11-15)13-6-5-12-4-3-7-18-16(12)9-13/h2,6,8,10-12,16,18H,1,3-5,7,9H2. The van der Waals surface area contributed by atoms with Crippen molar-refractivity contribution in [1.29, 1.82) is 0 Å². The Balaban J connectivity index is 1.80. The fourth-order valence-corrected chi connectivity index (χ4v) is 3.15. The molecule has 2 heterocycles. The van der Waals surface area contributed by atoms with Crippen molar-refractivity contribution in [3.05, 3.63) is 42.9 Å². The second-order valence-corrected chi connectivity index (χ2v) is 5.33. The third-order valence-electron chi connectivity index (χ3n) is 4.14. The van der Waals surface area contributed by atoms with E-state index in [0.29, 0.717) is 6.04 Å². The molecule has 0 aromatic carbocycles. The monoisotopic (exact) mass is 256 g/mol. The largest absolute Gasteiger partial charge is 0.464 e. The van der Waals surface area contributed by atoms with Crippen LogP contribution < -0.4 is 10.1 Å². The summed E-state index contributed by atoms with van der Waals surface area (Å²) in [5.74, 6) is 1.57. The molecule has 1 N–H and O–H groups in total. The summed E-state index contributed by atoms with van der Waals surface area (Å²) in [5.41, 5.74) is 2.56. The van der Waals surface area contributed by atoms with Crippen molar-refractivity contribution in [3.63, 3.8) is 0 Å². The van der Waals surface area contributed by atoms with E-state index in [9.17, 15) is 0 Å². The van der Waals surface area contributed by atoms with Gasteiger partial charge in [0.1, 0.15) is 5.75 Å². The molecular weight excluding hydrogens is 236 g/mol. The molecule has 3 heteroatoms. The van der Waals surface area contributed by atoms with Crippen LogP contribution in [-0.4, -0.2) is 17.6 Å². The Kier molecular flexibility index (Phi) is 3.65. The number of ether oxygens (including phenoxy) is 1. The number of rotatable bonds is 3. The van der Waals surface area contributed by atoms with Crippen LogP contribution in [0.5, 0.6) is 5.75 Å². The average molecular weight is 256 g/mol. The number of nitrogens with one attached hydrogen (secondary N) is 1. The van der Waals surface area contributed by atoms with Crippen molar-refractivity contribution in [2.24, 2.45) is 5.92 Å². The van der Waals surface area contributed by atoms with E-state index in [4.69, 9.17) is 4.74 Å². The predicted molar refractivity (Wildman–Crippen MR) is 76.8 cm³/mol. The smallest absolute Gasteiger partial charge is 0.145 e. The van der Waals surface area contributed by atoms with E-state index in [0.717, 1.165) is 24.6 Å². The summed E-state index contributed by atoms with van der Waals surface area (Å²) in [5, 5.41) is 3.65. The van der Waals surface area contributed by atoms with Crippen LogP contribution in [0.15, 0.2) is 37.4 Å². The van der Waals surface area contributed by atoms with Crippen LogP contribution in [0.25, 0.3) is 5.57 Å². The van der Waals surface area contributed by atoms with Crippen LogP contribution in [0.3, 0.4) is 0 Å². The molecule has 1 aliphatic heterocycles. The van der Waals surface area contributed by atoms with E-state index in [-0.39, 0.29) is 0 Å². The van der Waals surface area contributed by atoms with Crippen LogP contribution in [0, 0.1) is 5.92 Å². The quantitative estimate of drug-likeness (QED) is 0.844. The highest BCUT2D eigenvalue weighted by Gasteiger charge is 2.28. The molecule has 100 valence electrons. The summed E-state index contributed by atoms with van der Waals surface area (Å²) >= 11 is 0. The van der Waals surface area contributed by atoms with Crippen LogP contribution in [0.2, 0.25) is 0 Å². The SMILES string of the molecule is C=COc1cncc(C2=CCC3CCCNC3C2)c1. The third kappa shape index (κ3) is 2.71. The summed E-state index contributed by atoms with van der Waals surface area (Å²) in [6.07, 6.45) is 12.4. The average Bonchev–Trinajstić information content (AvgIpc) is 2.47. The Morgan fingerprint density at radius 2 is 2.37 bits per heavy atom. The second-order valence-electron chi connectivity index (χ2n) is 5.33. The Bertz CT molecular complexity index is 495. The third-order valence-corrected chi connectivity index (χ3v) is 4.14. The van der Waals surface area contributed by atoms with E-state index in [1.165, 1.54) is 36.7 Å². The Hall–Kier alpha value is -1.61. The predicted octanol–water partition coefficient (Wildman–Crippen LogP) is 3.15. The van der Waals surface area contributed by atoms with Crippen molar-refractivity contribution >= 4 is 5.57 Å². The lowest BCUT2D eigenvalue weighted by atomic mass is 9.78. The van der Waals surface area contributed by atoms with Crippen molar-refractivity contribution in [2.75, 3.05) is 6.54 Å². The van der Waals surface area contributed by atoms with Gasteiger partial charge in [0.15, 0.2) is 0 Å². The molecule has 0 amide bonds. The number of fused-ring (bicyclic) bond motifs is 1. The Morgan fingerprint density at radius 3 is 3.26 bits per heavy atom. The molecule has 0 spiro atoms. The van der Waals surface area contributed by atoms with Gasteiger partial charge in [-0.1, -0.05) is 12.7 Å². The normalized spacial score (nSPS) is 26.2. The molecule has 2 unspecified atom stereocenters. The number of pyridine rings is 1. The van der Waals surface area contributed by atoms with Gasteiger partial charge in [0.25, 0.3) is 0 Å². The summed E-state index contributed by atoms with van der Waals surface area (Å²) in [6, 6.07) is 2.68. The van der Waals surface area contributed by atoms with Crippen molar-refractivity contribution in [3.8, 4) is 5.75 Å². The lowest BCUT2D eigenvalue weighted by molar-refractivity contribution is 0.278. The molecule has 19 heavy (non-hydrogen) atoms. The fourth-order valence-electron chi connectivity index (χ4n) is 3.15. The topological polar surface area (TPSA) is 34.1 Å². The molecule has 1 fully saturated rings. The van der Waals surface area contributed by atoms with Gasteiger partial charge in [-0.2, -0.15) is 0 Å². The van der Waals surface area contributed by atoms with E-state index in [1.807, 2.05) is 12.3 Å². The van der Waals surface area contributed by atoms with Gasteiger partial charge in [-0.05, 0) is 55.3 Å². The van der Waals surface area contributed by atoms with Crippen LogP contribution >= 0.6 is 0 Å². The van der Waals surface area contributed by atoms with E-state index in [2.05, 4.69) is 23.0 Å². The van der Waals surface area contributed by atoms with Gasteiger partial charge in [0.2, 0.25) is 0 Å². The maximum atomic E-state index is 5.30. The maximum Gasteiger partial charge on any atom is 0.145 e. The number of hydrogen-bond donors (Lipinski definition) is 1. The van der Waals surface area contributed by atoms with Crippen LogP contribution in [0.4, 0.5) is 0 Å². The molecule has 1 aromatic rings. The molecule has 0 bridgehead atoms. The molecule has 0 saturated carbocycles. The number of aromatic nitrogens is 1. The number of allylic oxidation sites excluding steroid dienone is 1. The summed E-state index contributed by atoms with van der Waals surface area (Å²) in [6.45, 7) is 4.74. The number of nitrogens with zero attached hydrogens (tertiary/aromatic N) is 1. The number of hydrogen-bond acceptors (Lipinski definition) is 3. The zero-order valence-corrected chi connectivity index (χ0v) is 11.1. The van der Waals surface area contributed by atoms with Gasteiger partial charge in [-0.15, -0.1) is 0 Å². The van der Waals surface area contributed by atoms with Gasteiger partial charge < -0.3 is 10.1 Å². The lowest BCUT2D eigenvalue weighted by Crippen LogP contribution is -2.42. The fraction of sp³-hybridized carbons (Fsp3) is 0.438. The molecule has 0 radical (unpaired) electrons. The minimum absolute atomic E-state index is 0.637. The summed E-state index contributed by atoms with van der Waals surface area (Å²) in [4.78, 5) is 4.25. The van der Waals surface area contributed by atoms with Gasteiger partial charge >= 0.3 is 0 Å². The first-order valence-corrected chi connectivity index (χ1v) is 7.02. The highest BCUT2D eigenvalue weighted by Crippen LogP contribution is 2.35. The van der Waals surface area contributed by atoms with Crippen LogP contribution in [0.1, 0.15) is 31.2 Å². The Labute approximate surface area is 114 Å². The minimum atomic E-state index is 0.637. The molecule has 2 aliphatic rings. The molecule has 3 rings (SSSR count). The van der Waals surface area contributed by atoms with Crippen LogP contribution in [-0.2, 0) is 0 Å². The van der Waals surface area contributed by atoms with E-state index < -0.39 is 0 Å². The van der Waals surface area contributed by atoms with Gasteiger partial charge in [0.05, 0.1) is 12.5 Å². The van der Waals surface area contributed by atoms with Crippen molar-refractivity contribution < 1.29 is 4.74 Å². The van der Waals surface area contributed by atoms with Crippen molar-refractivity contribution in [1.82, 2.24) is 10.3 Å². The maximum absolute atomic E-state index is 5.30. The minimum Gasteiger partial charge on any atom is -0.464 e. The molecule has 3 nitrogen and oxygen atoms in total. The van der Waals surface area contributed by atoms with E-state index in [1.54, 1.807) is 6.20 Å². The van der Waals surface area contributed by atoms with Crippen molar-refractivity contribution in [2.45, 2.75) is 31.7 Å².